The predicted molar refractivity (Wildman–Crippen MR) is 42.8 cm³/mol. The van der Waals surface area contributed by atoms with Crippen LogP contribution in [0, 0.1) is 5.92 Å². The van der Waals surface area contributed by atoms with Crippen molar-refractivity contribution in [2.24, 2.45) is 5.92 Å². The quantitative estimate of drug-likeness (QED) is 0.582. The minimum absolute atomic E-state index is 0.0177. The molecule has 1 amide bonds. The Hall–Kier alpha value is -1.06. The molecular weight excluding hydrogens is 158 g/mol. The number of hydrogen-bond acceptors (Lipinski definition) is 3. The van der Waals surface area contributed by atoms with Crippen LogP contribution in [0.5, 0.6) is 0 Å². The number of rotatable bonds is 1. The smallest absolute Gasteiger partial charge is 0.409 e. The Bertz CT molecular complexity index is 202. The number of ether oxygens (including phenoxy) is 1. The van der Waals surface area contributed by atoms with Gasteiger partial charge in [0.2, 0.25) is 0 Å². The molecular formula is C8H13NO3. The lowest BCUT2D eigenvalue weighted by Crippen LogP contribution is -2.29. The molecule has 1 aliphatic rings. The van der Waals surface area contributed by atoms with Crippen molar-refractivity contribution in [2.45, 2.75) is 13.3 Å². The molecule has 1 atom stereocenters. The van der Waals surface area contributed by atoms with E-state index < -0.39 is 0 Å². The van der Waals surface area contributed by atoms with Crippen LogP contribution in [0.4, 0.5) is 4.79 Å². The fourth-order valence-corrected chi connectivity index (χ4v) is 1.39. The highest BCUT2D eigenvalue weighted by molar-refractivity contribution is 5.80. The van der Waals surface area contributed by atoms with Gasteiger partial charge in [-0.05, 0) is 13.3 Å². The summed E-state index contributed by atoms with van der Waals surface area (Å²) in [5.74, 6) is 0.172. The average Bonchev–Trinajstić information content (AvgIpc) is 2.51. The summed E-state index contributed by atoms with van der Waals surface area (Å²) in [6.45, 7) is 2.71. The number of Topliss-reactive ketones (excluding diaryl/α,β-unsaturated/α-hetero) is 1. The number of ketones is 1. The second-order valence-electron chi connectivity index (χ2n) is 3.01. The van der Waals surface area contributed by atoms with E-state index in [9.17, 15) is 9.59 Å². The molecule has 0 saturated carbocycles. The van der Waals surface area contributed by atoms with E-state index in [1.165, 1.54) is 7.11 Å². The molecule has 1 unspecified atom stereocenters. The number of carbonyl (C=O) groups is 2. The van der Waals surface area contributed by atoms with E-state index in [-0.39, 0.29) is 17.8 Å². The summed E-state index contributed by atoms with van der Waals surface area (Å²) < 4.78 is 4.54. The van der Waals surface area contributed by atoms with E-state index in [1.54, 1.807) is 11.8 Å². The van der Waals surface area contributed by atoms with E-state index in [4.69, 9.17) is 0 Å². The largest absolute Gasteiger partial charge is 0.453 e. The average molecular weight is 171 g/mol. The van der Waals surface area contributed by atoms with Gasteiger partial charge in [-0.2, -0.15) is 0 Å². The number of methoxy groups -OCH3 is 1. The third-order valence-electron chi connectivity index (χ3n) is 2.20. The minimum atomic E-state index is -0.334. The van der Waals surface area contributed by atoms with Crippen LogP contribution in [0.15, 0.2) is 0 Å². The normalized spacial score (nSPS) is 22.5. The maximum Gasteiger partial charge on any atom is 0.409 e. The molecule has 4 nitrogen and oxygen atoms in total. The molecule has 0 radical (unpaired) electrons. The molecule has 1 heterocycles. The predicted octanol–water partition coefficient (Wildman–Crippen LogP) is 0.664. The first-order valence-corrected chi connectivity index (χ1v) is 3.98. The zero-order valence-electron chi connectivity index (χ0n) is 7.37. The number of likely N-dealkylation sites (tertiary alicyclic amines) is 1. The fraction of sp³-hybridized carbons (Fsp3) is 0.750. The van der Waals surface area contributed by atoms with Crippen LogP contribution in [0.1, 0.15) is 13.3 Å². The first kappa shape index (κ1) is 9.03. The second kappa shape index (κ2) is 3.56. The van der Waals surface area contributed by atoms with Gasteiger partial charge in [0.25, 0.3) is 0 Å². The van der Waals surface area contributed by atoms with Crippen molar-refractivity contribution in [2.75, 3.05) is 20.2 Å². The van der Waals surface area contributed by atoms with Gasteiger partial charge in [0, 0.05) is 19.0 Å². The third-order valence-corrected chi connectivity index (χ3v) is 2.20. The highest BCUT2D eigenvalue weighted by Gasteiger charge is 2.29. The zero-order valence-corrected chi connectivity index (χ0v) is 7.37. The van der Waals surface area contributed by atoms with Crippen molar-refractivity contribution in [3.8, 4) is 0 Å². The summed E-state index contributed by atoms with van der Waals surface area (Å²) in [5, 5.41) is 0. The van der Waals surface area contributed by atoms with E-state index >= 15 is 0 Å². The van der Waals surface area contributed by atoms with Crippen LogP contribution in [0.25, 0.3) is 0 Å². The topological polar surface area (TPSA) is 46.6 Å². The molecule has 0 aliphatic carbocycles. The molecule has 68 valence electrons. The summed E-state index contributed by atoms with van der Waals surface area (Å²) in [7, 11) is 1.35. The van der Waals surface area contributed by atoms with E-state index in [0.717, 1.165) is 6.42 Å². The van der Waals surface area contributed by atoms with Crippen LogP contribution < -0.4 is 0 Å². The van der Waals surface area contributed by atoms with Crippen molar-refractivity contribution in [1.82, 2.24) is 4.90 Å². The van der Waals surface area contributed by atoms with Crippen molar-refractivity contribution in [3.63, 3.8) is 0 Å². The third kappa shape index (κ3) is 1.75. The molecule has 0 spiro atoms. The Morgan fingerprint density at radius 3 is 2.58 bits per heavy atom. The molecule has 0 aromatic carbocycles. The molecule has 1 saturated heterocycles. The van der Waals surface area contributed by atoms with Crippen molar-refractivity contribution >= 4 is 11.9 Å². The van der Waals surface area contributed by atoms with Gasteiger partial charge in [0.15, 0.2) is 0 Å². The Kier molecular flexibility index (Phi) is 2.68. The summed E-state index contributed by atoms with van der Waals surface area (Å²) in [6, 6.07) is 0. The first-order chi connectivity index (χ1) is 5.65. The fourth-order valence-electron chi connectivity index (χ4n) is 1.39. The number of amides is 1. The summed E-state index contributed by atoms with van der Waals surface area (Å²) in [5.41, 5.74) is 0. The van der Waals surface area contributed by atoms with Gasteiger partial charge in [0.05, 0.1) is 7.11 Å². The van der Waals surface area contributed by atoms with Crippen LogP contribution >= 0.6 is 0 Å². The molecule has 0 N–H and O–H groups in total. The van der Waals surface area contributed by atoms with Crippen molar-refractivity contribution in [1.29, 1.82) is 0 Å². The van der Waals surface area contributed by atoms with Crippen LogP contribution in [0.2, 0.25) is 0 Å². The highest BCUT2D eigenvalue weighted by atomic mass is 16.5. The Morgan fingerprint density at radius 1 is 1.50 bits per heavy atom. The van der Waals surface area contributed by atoms with Crippen molar-refractivity contribution < 1.29 is 14.3 Å². The molecule has 0 aromatic heterocycles. The Balaban J connectivity index is 2.45. The van der Waals surface area contributed by atoms with Crippen molar-refractivity contribution in [3.05, 3.63) is 0 Å². The number of nitrogens with zero attached hydrogens (tertiary/aromatic N) is 1. The maximum atomic E-state index is 11.0. The van der Waals surface area contributed by atoms with Gasteiger partial charge in [0.1, 0.15) is 5.78 Å². The molecule has 1 fully saturated rings. The van der Waals surface area contributed by atoms with E-state index in [1.807, 2.05) is 0 Å². The van der Waals surface area contributed by atoms with Crippen LogP contribution in [0.3, 0.4) is 0 Å². The molecule has 1 rings (SSSR count). The summed E-state index contributed by atoms with van der Waals surface area (Å²) in [4.78, 5) is 23.5. The lowest BCUT2D eigenvalue weighted by molar-refractivity contribution is -0.120. The van der Waals surface area contributed by atoms with Gasteiger partial charge >= 0.3 is 6.09 Å². The molecule has 4 heteroatoms. The minimum Gasteiger partial charge on any atom is -0.453 e. The van der Waals surface area contributed by atoms with Gasteiger partial charge < -0.3 is 9.64 Å². The molecule has 1 aliphatic heterocycles. The molecule has 12 heavy (non-hydrogen) atoms. The van der Waals surface area contributed by atoms with Crippen LogP contribution in [-0.2, 0) is 9.53 Å². The molecule has 0 aromatic rings. The number of hydrogen-bond donors (Lipinski definition) is 0. The maximum absolute atomic E-state index is 11.0. The SMILES string of the molecule is COC(=O)N1CCC(C(C)=O)C1. The van der Waals surface area contributed by atoms with Gasteiger partial charge in [-0.3, -0.25) is 4.79 Å². The summed E-state index contributed by atoms with van der Waals surface area (Å²) >= 11 is 0. The number of carbonyl (C=O) groups excluding carboxylic acids is 2. The first-order valence-electron chi connectivity index (χ1n) is 3.98. The van der Waals surface area contributed by atoms with E-state index in [0.29, 0.717) is 13.1 Å². The Morgan fingerprint density at radius 2 is 2.17 bits per heavy atom. The van der Waals surface area contributed by atoms with E-state index in [2.05, 4.69) is 4.74 Å². The van der Waals surface area contributed by atoms with Gasteiger partial charge in [-0.15, -0.1) is 0 Å². The van der Waals surface area contributed by atoms with Gasteiger partial charge in [-0.1, -0.05) is 0 Å². The lowest BCUT2D eigenvalue weighted by atomic mass is 10.1. The van der Waals surface area contributed by atoms with Crippen LogP contribution in [-0.4, -0.2) is 37.0 Å². The highest BCUT2D eigenvalue weighted by Crippen LogP contribution is 2.17. The Labute approximate surface area is 71.5 Å². The monoisotopic (exact) mass is 171 g/mol. The summed E-state index contributed by atoms with van der Waals surface area (Å²) in [6.07, 6.45) is 0.434. The second-order valence-corrected chi connectivity index (χ2v) is 3.01. The van der Waals surface area contributed by atoms with Gasteiger partial charge in [-0.25, -0.2) is 4.79 Å². The standard InChI is InChI=1S/C8H13NO3/c1-6(10)7-3-4-9(5-7)8(11)12-2/h7H,3-5H2,1-2H3. The lowest BCUT2D eigenvalue weighted by Gasteiger charge is -2.13. The molecule has 0 bridgehead atoms. The zero-order chi connectivity index (χ0) is 9.14.